The second-order valence-corrected chi connectivity index (χ2v) is 10.5. The molecule has 1 heterocycles. The molecule has 4 heteroatoms. The lowest BCUT2D eigenvalue weighted by Crippen LogP contribution is -2.23. The molecule has 0 atom stereocenters. The molecule has 20 heavy (non-hydrogen) atoms. The maximum Gasteiger partial charge on any atom is 0.103 e. The Bertz CT molecular complexity index is 423. The molecular formula is C16H30N2S2. The molecule has 1 rings (SSSR count). The maximum absolute atomic E-state index is 4.92. The Balaban J connectivity index is 2.88. The Kier molecular flexibility index (Phi) is 6.12. The predicted octanol–water partition coefficient (Wildman–Crippen LogP) is 4.97. The summed E-state index contributed by atoms with van der Waals surface area (Å²) in [6, 6.07) is 0.511. The number of hydrogen-bond acceptors (Lipinski definition) is 4. The number of rotatable bonds is 5. The minimum Gasteiger partial charge on any atom is -0.310 e. The van der Waals surface area contributed by atoms with Crippen molar-refractivity contribution in [1.29, 1.82) is 0 Å². The van der Waals surface area contributed by atoms with Crippen LogP contribution in [0.2, 0.25) is 0 Å². The fraction of sp³-hybridized carbons (Fsp3) is 0.812. The number of nitrogens with one attached hydrogen (secondary N) is 1. The van der Waals surface area contributed by atoms with E-state index in [9.17, 15) is 0 Å². The van der Waals surface area contributed by atoms with Gasteiger partial charge in [0.15, 0.2) is 0 Å². The molecule has 0 saturated heterocycles. The van der Waals surface area contributed by atoms with Crippen molar-refractivity contribution in [2.75, 3.05) is 0 Å². The number of thioether (sulfide) groups is 1. The summed E-state index contributed by atoms with van der Waals surface area (Å²) in [6.07, 6.45) is 0. The number of hydrogen-bond donors (Lipinski definition) is 1. The summed E-state index contributed by atoms with van der Waals surface area (Å²) in [4.78, 5) is 6.32. The van der Waals surface area contributed by atoms with Crippen LogP contribution in [0.4, 0.5) is 0 Å². The van der Waals surface area contributed by atoms with Gasteiger partial charge in [-0.15, -0.1) is 23.1 Å². The lowest BCUT2D eigenvalue weighted by molar-refractivity contribution is 0.545. The van der Waals surface area contributed by atoms with Crippen LogP contribution >= 0.6 is 23.1 Å². The number of thiazole rings is 1. The van der Waals surface area contributed by atoms with Gasteiger partial charge in [0.1, 0.15) is 5.01 Å². The van der Waals surface area contributed by atoms with Gasteiger partial charge in [-0.05, 0) is 0 Å². The molecule has 1 aromatic rings. The van der Waals surface area contributed by atoms with Gasteiger partial charge in [-0.3, -0.25) is 0 Å². The van der Waals surface area contributed by atoms with Gasteiger partial charge in [0.25, 0.3) is 0 Å². The van der Waals surface area contributed by atoms with E-state index in [1.54, 1.807) is 0 Å². The first-order chi connectivity index (χ1) is 8.99. The smallest absolute Gasteiger partial charge is 0.103 e. The highest BCUT2D eigenvalue weighted by molar-refractivity contribution is 7.99. The second-order valence-electron chi connectivity index (χ2n) is 7.57. The quantitative estimate of drug-likeness (QED) is 0.830. The van der Waals surface area contributed by atoms with Gasteiger partial charge in [0, 0.05) is 33.4 Å². The van der Waals surface area contributed by atoms with Crippen LogP contribution in [0.1, 0.15) is 71.0 Å². The van der Waals surface area contributed by atoms with Crippen molar-refractivity contribution in [1.82, 2.24) is 10.3 Å². The molecule has 0 fully saturated rings. The SMILES string of the molecule is CC(C)NCc1sc(CSC(C)(C)C)nc1C(C)(C)C. The Hall–Kier alpha value is -0.0600. The van der Waals surface area contributed by atoms with Gasteiger partial charge in [0.2, 0.25) is 0 Å². The van der Waals surface area contributed by atoms with Gasteiger partial charge >= 0.3 is 0 Å². The molecule has 0 unspecified atom stereocenters. The first-order valence-corrected chi connectivity index (χ1v) is 9.15. The fourth-order valence-corrected chi connectivity index (χ4v) is 3.80. The van der Waals surface area contributed by atoms with Crippen LogP contribution in [0, 0.1) is 0 Å². The predicted molar refractivity (Wildman–Crippen MR) is 93.8 cm³/mol. The molecule has 0 aromatic carbocycles. The third kappa shape index (κ3) is 6.15. The van der Waals surface area contributed by atoms with Crippen LogP contribution in [0.15, 0.2) is 0 Å². The topological polar surface area (TPSA) is 24.9 Å². The molecule has 116 valence electrons. The van der Waals surface area contributed by atoms with Crippen LogP contribution in [0.25, 0.3) is 0 Å². The molecule has 0 aliphatic heterocycles. The molecule has 0 radical (unpaired) electrons. The number of nitrogens with zero attached hydrogens (tertiary/aromatic N) is 1. The summed E-state index contributed by atoms with van der Waals surface area (Å²) >= 11 is 3.85. The average Bonchev–Trinajstić information content (AvgIpc) is 2.65. The first kappa shape index (κ1) is 18.0. The van der Waals surface area contributed by atoms with Crippen LogP contribution in [-0.2, 0) is 17.7 Å². The van der Waals surface area contributed by atoms with Gasteiger partial charge in [-0.1, -0.05) is 55.4 Å². The zero-order chi connectivity index (χ0) is 15.6. The fourth-order valence-electron chi connectivity index (χ4n) is 1.74. The van der Waals surface area contributed by atoms with Gasteiger partial charge in [-0.25, -0.2) is 4.98 Å². The van der Waals surface area contributed by atoms with Crippen LogP contribution < -0.4 is 5.32 Å². The Morgan fingerprint density at radius 1 is 1.15 bits per heavy atom. The standard InChI is InChI=1S/C16H30N2S2/c1-11(2)17-9-12-14(15(3,4)5)18-13(20-12)10-19-16(6,7)8/h11,17H,9-10H2,1-8H3. The minimum atomic E-state index is 0.120. The van der Waals surface area contributed by atoms with E-state index in [4.69, 9.17) is 4.98 Å². The molecule has 2 nitrogen and oxygen atoms in total. The highest BCUT2D eigenvalue weighted by Crippen LogP contribution is 2.34. The molecule has 0 aliphatic rings. The summed E-state index contributed by atoms with van der Waals surface area (Å²) in [5.41, 5.74) is 1.38. The van der Waals surface area contributed by atoms with Crippen molar-refractivity contribution in [3.63, 3.8) is 0 Å². The summed E-state index contributed by atoms with van der Waals surface area (Å²) in [5.74, 6) is 1.01. The minimum absolute atomic E-state index is 0.120. The van der Waals surface area contributed by atoms with E-state index in [1.807, 2.05) is 23.1 Å². The van der Waals surface area contributed by atoms with Crippen molar-refractivity contribution in [2.24, 2.45) is 0 Å². The third-order valence-corrected chi connectivity index (χ3v) is 5.27. The molecule has 0 amide bonds. The Morgan fingerprint density at radius 3 is 2.20 bits per heavy atom. The van der Waals surface area contributed by atoms with E-state index in [-0.39, 0.29) is 5.41 Å². The zero-order valence-electron chi connectivity index (χ0n) is 14.3. The molecular weight excluding hydrogens is 284 g/mol. The summed E-state index contributed by atoms with van der Waals surface area (Å²) < 4.78 is 0.296. The normalized spacial score (nSPS) is 13.2. The van der Waals surface area contributed by atoms with Crippen molar-refractivity contribution in [3.05, 3.63) is 15.6 Å². The van der Waals surface area contributed by atoms with Crippen molar-refractivity contribution in [3.8, 4) is 0 Å². The van der Waals surface area contributed by atoms with E-state index in [1.165, 1.54) is 15.6 Å². The van der Waals surface area contributed by atoms with E-state index >= 15 is 0 Å². The van der Waals surface area contributed by atoms with Crippen LogP contribution in [0.3, 0.4) is 0 Å². The maximum atomic E-state index is 4.92. The Morgan fingerprint density at radius 2 is 1.75 bits per heavy atom. The molecule has 1 aromatic heterocycles. The largest absolute Gasteiger partial charge is 0.310 e. The van der Waals surface area contributed by atoms with Crippen molar-refractivity contribution in [2.45, 2.75) is 83.9 Å². The average molecular weight is 315 g/mol. The summed E-state index contributed by atoms with van der Waals surface area (Å²) in [7, 11) is 0. The van der Waals surface area contributed by atoms with Crippen LogP contribution in [-0.4, -0.2) is 15.8 Å². The monoisotopic (exact) mass is 314 g/mol. The summed E-state index contributed by atoms with van der Waals surface area (Å²) in [6.45, 7) is 18.8. The Labute approximate surface area is 133 Å². The number of aromatic nitrogens is 1. The van der Waals surface area contributed by atoms with Crippen LogP contribution in [0.5, 0.6) is 0 Å². The van der Waals surface area contributed by atoms with Gasteiger partial charge in [-0.2, -0.15) is 0 Å². The van der Waals surface area contributed by atoms with E-state index in [0.717, 1.165) is 12.3 Å². The molecule has 0 bridgehead atoms. The first-order valence-electron chi connectivity index (χ1n) is 7.35. The van der Waals surface area contributed by atoms with Gasteiger partial charge < -0.3 is 5.32 Å². The van der Waals surface area contributed by atoms with E-state index in [0.29, 0.717) is 10.8 Å². The molecule has 0 spiro atoms. The van der Waals surface area contributed by atoms with E-state index in [2.05, 4.69) is 60.7 Å². The zero-order valence-corrected chi connectivity index (χ0v) is 15.9. The lowest BCUT2D eigenvalue weighted by Gasteiger charge is -2.18. The molecule has 1 N–H and O–H groups in total. The highest BCUT2D eigenvalue weighted by Gasteiger charge is 2.23. The lowest BCUT2D eigenvalue weighted by atomic mass is 9.91. The van der Waals surface area contributed by atoms with E-state index < -0.39 is 0 Å². The molecule has 0 aliphatic carbocycles. The second kappa shape index (κ2) is 6.80. The van der Waals surface area contributed by atoms with Crippen molar-refractivity contribution < 1.29 is 0 Å². The molecule has 0 saturated carbocycles. The summed E-state index contributed by atoms with van der Waals surface area (Å²) in [5, 5.41) is 4.78. The highest BCUT2D eigenvalue weighted by atomic mass is 32.2. The van der Waals surface area contributed by atoms with Gasteiger partial charge in [0.05, 0.1) is 5.69 Å². The van der Waals surface area contributed by atoms with Crippen molar-refractivity contribution >= 4 is 23.1 Å². The third-order valence-electron chi connectivity index (χ3n) is 2.75.